The third-order valence-electron chi connectivity index (χ3n) is 4.18. The van der Waals surface area contributed by atoms with E-state index in [2.05, 4.69) is 0 Å². The van der Waals surface area contributed by atoms with Gasteiger partial charge in [-0.15, -0.1) is 0 Å². The van der Waals surface area contributed by atoms with E-state index in [-0.39, 0.29) is 17.8 Å². The summed E-state index contributed by atoms with van der Waals surface area (Å²) in [6, 6.07) is 0. The summed E-state index contributed by atoms with van der Waals surface area (Å²) < 4.78 is 16.4. The first-order chi connectivity index (χ1) is 10.8. The smallest absolute Gasteiger partial charge is 0.303 e. The fraction of sp³-hybridized carbons (Fsp3) is 0.556. The minimum absolute atomic E-state index is 0.131. The van der Waals surface area contributed by atoms with Gasteiger partial charge in [0, 0.05) is 26.4 Å². The summed E-state index contributed by atoms with van der Waals surface area (Å²) in [4.78, 5) is 24.4. The van der Waals surface area contributed by atoms with Crippen molar-refractivity contribution in [2.45, 2.75) is 52.7 Å². The first kappa shape index (κ1) is 17.5. The molecule has 1 aromatic heterocycles. The Balaban J connectivity index is 2.50. The van der Waals surface area contributed by atoms with Crippen molar-refractivity contribution in [1.82, 2.24) is 0 Å². The summed E-state index contributed by atoms with van der Waals surface area (Å²) in [7, 11) is 1.64. The van der Waals surface area contributed by atoms with Crippen molar-refractivity contribution in [1.29, 1.82) is 0 Å². The number of rotatable bonds is 2. The molecule has 1 aliphatic rings. The molecule has 2 rings (SSSR count). The maximum atomic E-state index is 13.0. The number of fused-ring (bicyclic) bond motifs is 1. The zero-order valence-corrected chi connectivity index (χ0v) is 14.3. The van der Waals surface area contributed by atoms with Gasteiger partial charge in [-0.2, -0.15) is 0 Å². The van der Waals surface area contributed by atoms with Crippen molar-refractivity contribution in [2.24, 2.45) is 5.92 Å². The van der Waals surface area contributed by atoms with Crippen molar-refractivity contribution in [2.75, 3.05) is 7.11 Å². The van der Waals surface area contributed by atoms with E-state index in [4.69, 9.17) is 13.9 Å². The van der Waals surface area contributed by atoms with Gasteiger partial charge < -0.3 is 13.9 Å². The zero-order valence-electron chi connectivity index (χ0n) is 14.3. The molecule has 5 nitrogen and oxygen atoms in total. The minimum Gasteiger partial charge on any atom is -0.468 e. The van der Waals surface area contributed by atoms with Gasteiger partial charge in [0.2, 0.25) is 5.78 Å². The van der Waals surface area contributed by atoms with Gasteiger partial charge in [0.05, 0.1) is 17.9 Å². The molecule has 0 bridgehead atoms. The number of carbonyl (C=O) groups is 2. The van der Waals surface area contributed by atoms with E-state index in [9.17, 15) is 9.59 Å². The molecule has 5 heteroatoms. The van der Waals surface area contributed by atoms with Crippen LogP contribution < -0.4 is 0 Å². The number of allylic oxidation sites excluding steroid dienone is 1. The minimum atomic E-state index is -0.827. The van der Waals surface area contributed by atoms with E-state index in [0.717, 1.165) is 11.1 Å². The number of aryl methyl sites for hydroxylation is 1. The monoisotopic (exact) mass is 320 g/mol. The van der Waals surface area contributed by atoms with E-state index in [1.165, 1.54) is 6.92 Å². The van der Waals surface area contributed by atoms with Gasteiger partial charge in [0.25, 0.3) is 0 Å². The second-order valence-electron chi connectivity index (χ2n) is 6.29. The second-order valence-corrected chi connectivity index (χ2v) is 6.29. The molecule has 0 aromatic carbocycles. The van der Waals surface area contributed by atoms with Gasteiger partial charge in [-0.1, -0.05) is 18.6 Å². The highest BCUT2D eigenvalue weighted by Crippen LogP contribution is 2.28. The van der Waals surface area contributed by atoms with Gasteiger partial charge in [-0.3, -0.25) is 9.59 Å². The molecular formula is C18H24O5. The third kappa shape index (κ3) is 3.91. The van der Waals surface area contributed by atoms with Crippen LogP contribution in [0.4, 0.5) is 0 Å². The Bertz CT molecular complexity index is 625. The van der Waals surface area contributed by atoms with Crippen LogP contribution in [0.5, 0.6) is 0 Å². The predicted octanol–water partition coefficient (Wildman–Crippen LogP) is 3.25. The van der Waals surface area contributed by atoms with Gasteiger partial charge in [0.15, 0.2) is 6.10 Å². The summed E-state index contributed by atoms with van der Waals surface area (Å²) in [5.41, 5.74) is 2.39. The highest BCUT2D eigenvalue weighted by molar-refractivity contribution is 6.02. The third-order valence-corrected chi connectivity index (χ3v) is 4.18. The molecular weight excluding hydrogens is 296 g/mol. The Morgan fingerprint density at radius 3 is 2.65 bits per heavy atom. The SMILES string of the molecule is CO[C@@H]1/C=C(/C)Cc2occ(C)c2C(=O)[C@H](OC(C)=O)[C@@H](C)C1. The summed E-state index contributed by atoms with van der Waals surface area (Å²) in [6.07, 6.45) is 3.80. The van der Waals surface area contributed by atoms with Crippen LogP contribution in [0, 0.1) is 12.8 Å². The van der Waals surface area contributed by atoms with Crippen LogP contribution in [0.15, 0.2) is 22.3 Å². The molecule has 0 N–H and O–H groups in total. The molecule has 0 fully saturated rings. The molecule has 1 aromatic rings. The van der Waals surface area contributed by atoms with Gasteiger partial charge >= 0.3 is 5.97 Å². The van der Waals surface area contributed by atoms with E-state index in [1.54, 1.807) is 13.4 Å². The summed E-state index contributed by atoms with van der Waals surface area (Å²) in [5, 5.41) is 0. The average Bonchev–Trinajstić information content (AvgIpc) is 2.82. The lowest BCUT2D eigenvalue weighted by Crippen LogP contribution is -2.35. The Kier molecular flexibility index (Phi) is 5.42. The van der Waals surface area contributed by atoms with Crippen LogP contribution in [-0.2, 0) is 20.7 Å². The van der Waals surface area contributed by atoms with E-state index < -0.39 is 12.1 Å². The van der Waals surface area contributed by atoms with Crippen LogP contribution in [0.1, 0.15) is 48.9 Å². The van der Waals surface area contributed by atoms with Crippen molar-refractivity contribution in [3.63, 3.8) is 0 Å². The molecule has 0 unspecified atom stereocenters. The number of carbonyl (C=O) groups excluding carboxylic acids is 2. The fourth-order valence-corrected chi connectivity index (χ4v) is 3.06. The van der Waals surface area contributed by atoms with Crippen molar-refractivity contribution in [3.8, 4) is 0 Å². The van der Waals surface area contributed by atoms with E-state index in [0.29, 0.717) is 24.2 Å². The number of furan rings is 1. The molecule has 126 valence electrons. The number of hydrogen-bond acceptors (Lipinski definition) is 5. The number of ketones is 1. The van der Waals surface area contributed by atoms with Crippen LogP contribution >= 0.6 is 0 Å². The number of hydrogen-bond donors (Lipinski definition) is 0. The van der Waals surface area contributed by atoms with Crippen molar-refractivity contribution < 1.29 is 23.5 Å². The molecule has 1 aliphatic carbocycles. The lowest BCUT2D eigenvalue weighted by molar-refractivity contribution is -0.146. The van der Waals surface area contributed by atoms with Crippen LogP contribution in [-0.4, -0.2) is 31.1 Å². The Labute approximate surface area is 136 Å². The highest BCUT2D eigenvalue weighted by atomic mass is 16.5. The summed E-state index contributed by atoms with van der Waals surface area (Å²) >= 11 is 0. The van der Waals surface area contributed by atoms with Crippen LogP contribution in [0.25, 0.3) is 0 Å². The lowest BCUT2D eigenvalue weighted by Gasteiger charge is -2.26. The van der Waals surface area contributed by atoms with Crippen molar-refractivity contribution in [3.05, 3.63) is 34.8 Å². The Morgan fingerprint density at radius 1 is 1.35 bits per heavy atom. The molecule has 0 saturated heterocycles. The number of esters is 1. The highest BCUT2D eigenvalue weighted by Gasteiger charge is 2.34. The molecule has 0 radical (unpaired) electrons. The molecule has 0 amide bonds. The van der Waals surface area contributed by atoms with Crippen LogP contribution in [0.2, 0.25) is 0 Å². The topological polar surface area (TPSA) is 65.7 Å². The first-order valence-electron chi connectivity index (χ1n) is 7.82. The molecule has 1 heterocycles. The molecule has 0 aliphatic heterocycles. The van der Waals surface area contributed by atoms with Crippen molar-refractivity contribution >= 4 is 11.8 Å². The Morgan fingerprint density at radius 2 is 2.04 bits per heavy atom. The number of ether oxygens (including phenoxy) is 2. The molecule has 0 saturated carbocycles. The Hall–Kier alpha value is -1.88. The predicted molar refractivity (Wildman–Crippen MR) is 85.4 cm³/mol. The normalized spacial score (nSPS) is 27.8. The van der Waals surface area contributed by atoms with Gasteiger partial charge in [0.1, 0.15) is 5.76 Å². The summed E-state index contributed by atoms with van der Waals surface area (Å²) in [5.74, 6) is -0.211. The summed E-state index contributed by atoms with van der Waals surface area (Å²) in [6.45, 7) is 7.05. The second kappa shape index (κ2) is 7.13. The average molecular weight is 320 g/mol. The quantitative estimate of drug-likeness (QED) is 0.618. The van der Waals surface area contributed by atoms with E-state index >= 15 is 0 Å². The van der Waals surface area contributed by atoms with Crippen LogP contribution in [0.3, 0.4) is 0 Å². The molecule has 3 atom stereocenters. The maximum absolute atomic E-state index is 13.0. The standard InChI is InChI=1S/C18H24O5/c1-10-6-14(21-5)8-11(2)18(23-13(4)19)17(20)16-12(3)9-22-15(16)7-10/h6,9,11,14,18H,7-8H2,1-5H3/b10-6-/t11-,14+,18+/m0/s1. The maximum Gasteiger partial charge on any atom is 0.303 e. The number of methoxy groups -OCH3 is 1. The van der Waals surface area contributed by atoms with Gasteiger partial charge in [-0.25, -0.2) is 0 Å². The molecule has 0 spiro atoms. The van der Waals surface area contributed by atoms with E-state index in [1.807, 2.05) is 26.8 Å². The first-order valence-corrected chi connectivity index (χ1v) is 7.82. The lowest BCUT2D eigenvalue weighted by atomic mass is 9.87. The fourth-order valence-electron chi connectivity index (χ4n) is 3.06. The van der Waals surface area contributed by atoms with Gasteiger partial charge in [-0.05, 0) is 25.8 Å². The zero-order chi connectivity index (χ0) is 17.1. The molecule has 23 heavy (non-hydrogen) atoms. The number of Topliss-reactive ketones (excluding diaryl/α,β-unsaturated/α-hetero) is 1. The largest absolute Gasteiger partial charge is 0.468 e.